The van der Waals surface area contributed by atoms with Gasteiger partial charge in [-0.15, -0.1) is 0 Å². The molecule has 2 rings (SSSR count). The van der Waals surface area contributed by atoms with Gasteiger partial charge in [0.05, 0.1) is 12.6 Å². The van der Waals surface area contributed by atoms with Crippen molar-refractivity contribution in [3.05, 3.63) is 29.3 Å². The van der Waals surface area contributed by atoms with Crippen molar-refractivity contribution in [2.75, 3.05) is 26.9 Å². The smallest absolute Gasteiger partial charge is 0.251 e. The Morgan fingerprint density at radius 3 is 2.83 bits per heavy atom. The van der Waals surface area contributed by atoms with Gasteiger partial charge < -0.3 is 19.7 Å². The molecule has 0 spiro atoms. The second-order valence-corrected chi connectivity index (χ2v) is 6.35. The number of hydrogen-bond acceptors (Lipinski definition) is 4. The number of methoxy groups -OCH3 is 1. The normalized spacial score (nSPS) is 17.0. The first kappa shape index (κ1) is 18.3. The number of nitrogens with one attached hydrogen (secondary N) is 1. The molecule has 1 N–H and O–H groups in total. The molecule has 0 saturated heterocycles. The van der Waals surface area contributed by atoms with Gasteiger partial charge in [-0.05, 0) is 25.1 Å². The number of benzene rings is 1. The van der Waals surface area contributed by atoms with Crippen LogP contribution in [0, 0.1) is 5.92 Å². The summed E-state index contributed by atoms with van der Waals surface area (Å²) < 4.78 is 10.7. The molecular formula is C18H26N2O4. The lowest BCUT2D eigenvalue weighted by Crippen LogP contribution is -2.42. The average molecular weight is 334 g/mol. The minimum absolute atomic E-state index is 0.00807. The Balaban J connectivity index is 2.20. The van der Waals surface area contributed by atoms with Crippen LogP contribution in [0.2, 0.25) is 0 Å². The maximum Gasteiger partial charge on any atom is 0.251 e. The molecule has 0 aliphatic carbocycles. The van der Waals surface area contributed by atoms with E-state index in [1.165, 1.54) is 0 Å². The van der Waals surface area contributed by atoms with Crippen LogP contribution in [0.25, 0.3) is 0 Å². The van der Waals surface area contributed by atoms with E-state index in [1.54, 1.807) is 25.3 Å². The zero-order valence-corrected chi connectivity index (χ0v) is 14.8. The minimum atomic E-state index is -0.158. The summed E-state index contributed by atoms with van der Waals surface area (Å²) in [5, 5.41) is 2.80. The molecule has 6 nitrogen and oxygen atoms in total. The van der Waals surface area contributed by atoms with Gasteiger partial charge in [0.15, 0.2) is 0 Å². The van der Waals surface area contributed by atoms with Crippen LogP contribution < -0.4 is 10.1 Å². The van der Waals surface area contributed by atoms with Gasteiger partial charge >= 0.3 is 0 Å². The molecule has 1 atom stereocenters. The summed E-state index contributed by atoms with van der Waals surface area (Å²) in [5.41, 5.74) is 1.41. The summed E-state index contributed by atoms with van der Waals surface area (Å²) in [4.78, 5) is 26.5. The summed E-state index contributed by atoms with van der Waals surface area (Å²) in [7, 11) is 1.59. The largest absolute Gasteiger partial charge is 0.491 e. The van der Waals surface area contributed by atoms with Gasteiger partial charge in [0, 0.05) is 37.2 Å². The molecule has 132 valence electrons. The second kappa shape index (κ2) is 8.15. The molecule has 0 fully saturated rings. The summed E-state index contributed by atoms with van der Waals surface area (Å²) in [6.07, 6.45) is 0. The molecular weight excluding hydrogens is 308 g/mol. The number of nitrogens with zero attached hydrogens (tertiary/aromatic N) is 1. The zero-order chi connectivity index (χ0) is 17.7. The third-order valence-corrected chi connectivity index (χ3v) is 4.04. The third kappa shape index (κ3) is 4.26. The Labute approximate surface area is 143 Å². The first-order valence-corrected chi connectivity index (χ1v) is 8.27. The summed E-state index contributed by atoms with van der Waals surface area (Å²) in [5.74, 6) is 0.589. The fraction of sp³-hybridized carbons (Fsp3) is 0.556. The van der Waals surface area contributed by atoms with Crippen molar-refractivity contribution in [1.29, 1.82) is 0 Å². The maximum atomic E-state index is 12.4. The van der Waals surface area contributed by atoms with E-state index in [0.29, 0.717) is 31.9 Å². The van der Waals surface area contributed by atoms with Gasteiger partial charge in [-0.2, -0.15) is 0 Å². The van der Waals surface area contributed by atoms with Crippen LogP contribution in [0.15, 0.2) is 18.2 Å². The SMILES string of the molecule is COCCNC(=O)c1ccc2c(c1)CN(C(=O)C(C)C)[C@@H](C)CO2. The first-order valence-electron chi connectivity index (χ1n) is 8.27. The molecule has 1 aromatic carbocycles. The van der Waals surface area contributed by atoms with E-state index in [1.807, 2.05) is 25.7 Å². The predicted octanol–water partition coefficient (Wildman–Crippen LogP) is 1.83. The molecule has 0 saturated carbocycles. The number of rotatable bonds is 5. The zero-order valence-electron chi connectivity index (χ0n) is 14.8. The number of hydrogen-bond donors (Lipinski definition) is 1. The van der Waals surface area contributed by atoms with Crippen LogP contribution in [0.1, 0.15) is 36.7 Å². The molecule has 0 aromatic heterocycles. The van der Waals surface area contributed by atoms with Crippen molar-refractivity contribution in [3.63, 3.8) is 0 Å². The highest BCUT2D eigenvalue weighted by molar-refractivity contribution is 5.94. The molecule has 2 amide bonds. The standard InChI is InChI=1S/C18H26N2O4/c1-12(2)18(22)20-10-15-9-14(17(21)19-7-8-23-4)5-6-16(15)24-11-13(20)3/h5-6,9,12-13H,7-8,10-11H2,1-4H3,(H,19,21)/t13-/m0/s1. The fourth-order valence-corrected chi connectivity index (χ4v) is 2.62. The lowest BCUT2D eigenvalue weighted by molar-refractivity contribution is -0.137. The first-order chi connectivity index (χ1) is 11.4. The summed E-state index contributed by atoms with van der Waals surface area (Å²) >= 11 is 0. The lowest BCUT2D eigenvalue weighted by atomic mass is 10.1. The number of carbonyl (C=O) groups excluding carboxylic acids is 2. The van der Waals surface area contributed by atoms with Crippen LogP contribution in [-0.2, 0) is 16.1 Å². The van der Waals surface area contributed by atoms with Gasteiger partial charge in [0.2, 0.25) is 5.91 Å². The predicted molar refractivity (Wildman–Crippen MR) is 91.0 cm³/mol. The maximum absolute atomic E-state index is 12.4. The highest BCUT2D eigenvalue weighted by atomic mass is 16.5. The van der Waals surface area contributed by atoms with Crippen LogP contribution in [0.4, 0.5) is 0 Å². The average Bonchev–Trinajstić information content (AvgIpc) is 2.73. The van der Waals surface area contributed by atoms with Crippen molar-refractivity contribution < 1.29 is 19.1 Å². The third-order valence-electron chi connectivity index (χ3n) is 4.04. The van der Waals surface area contributed by atoms with Crippen molar-refractivity contribution >= 4 is 11.8 Å². The van der Waals surface area contributed by atoms with Gasteiger partial charge in [-0.3, -0.25) is 9.59 Å². The van der Waals surface area contributed by atoms with Crippen molar-refractivity contribution in [2.45, 2.75) is 33.4 Å². The number of amides is 2. The Morgan fingerprint density at radius 1 is 1.42 bits per heavy atom. The second-order valence-electron chi connectivity index (χ2n) is 6.35. The van der Waals surface area contributed by atoms with Gasteiger partial charge in [0.25, 0.3) is 5.91 Å². The Kier molecular flexibility index (Phi) is 6.20. The monoisotopic (exact) mass is 334 g/mol. The van der Waals surface area contributed by atoms with Crippen molar-refractivity contribution in [2.24, 2.45) is 5.92 Å². The highest BCUT2D eigenvalue weighted by Gasteiger charge is 2.27. The molecule has 1 aliphatic heterocycles. The molecule has 24 heavy (non-hydrogen) atoms. The Hall–Kier alpha value is -2.08. The highest BCUT2D eigenvalue weighted by Crippen LogP contribution is 2.27. The van der Waals surface area contributed by atoms with Gasteiger partial charge in [-0.1, -0.05) is 13.8 Å². The van der Waals surface area contributed by atoms with E-state index >= 15 is 0 Å². The lowest BCUT2D eigenvalue weighted by Gasteiger charge is -2.28. The van der Waals surface area contributed by atoms with Gasteiger partial charge in [0.1, 0.15) is 12.4 Å². The molecule has 1 heterocycles. The van der Waals surface area contributed by atoms with Crippen LogP contribution in [0.3, 0.4) is 0 Å². The molecule has 0 unspecified atom stereocenters. The van der Waals surface area contributed by atoms with Crippen LogP contribution in [0.5, 0.6) is 5.75 Å². The van der Waals surface area contributed by atoms with E-state index in [0.717, 1.165) is 11.3 Å². The van der Waals surface area contributed by atoms with E-state index in [9.17, 15) is 9.59 Å². The van der Waals surface area contributed by atoms with E-state index in [-0.39, 0.29) is 23.8 Å². The molecule has 1 aromatic rings. The topological polar surface area (TPSA) is 67.9 Å². The Bertz CT molecular complexity index is 601. The van der Waals surface area contributed by atoms with E-state index in [4.69, 9.17) is 9.47 Å². The molecule has 0 bridgehead atoms. The Morgan fingerprint density at radius 2 is 2.17 bits per heavy atom. The van der Waals surface area contributed by atoms with Crippen LogP contribution in [-0.4, -0.2) is 49.6 Å². The van der Waals surface area contributed by atoms with Gasteiger partial charge in [-0.25, -0.2) is 0 Å². The van der Waals surface area contributed by atoms with Crippen LogP contribution >= 0.6 is 0 Å². The number of ether oxygens (including phenoxy) is 2. The number of carbonyl (C=O) groups is 2. The fourth-order valence-electron chi connectivity index (χ4n) is 2.62. The molecule has 1 aliphatic rings. The summed E-state index contributed by atoms with van der Waals surface area (Å²) in [6.45, 7) is 7.58. The van der Waals surface area contributed by atoms with Crippen molar-refractivity contribution in [1.82, 2.24) is 10.2 Å². The molecule has 0 radical (unpaired) electrons. The molecule has 6 heteroatoms. The number of fused-ring (bicyclic) bond motifs is 1. The van der Waals surface area contributed by atoms with E-state index in [2.05, 4.69) is 5.32 Å². The summed E-state index contributed by atoms with van der Waals surface area (Å²) in [6, 6.07) is 5.34. The quantitative estimate of drug-likeness (QED) is 0.834. The van der Waals surface area contributed by atoms with E-state index < -0.39 is 0 Å². The van der Waals surface area contributed by atoms with Crippen molar-refractivity contribution in [3.8, 4) is 5.75 Å². The minimum Gasteiger partial charge on any atom is -0.491 e.